The molecule has 0 amide bonds. The van der Waals surface area contributed by atoms with Gasteiger partial charge in [-0.3, -0.25) is 0 Å². The fourth-order valence-corrected chi connectivity index (χ4v) is 1.54. The van der Waals surface area contributed by atoms with Crippen LogP contribution in [0, 0.1) is 0 Å². The molecule has 0 aliphatic rings. The SMILES string of the molecule is C=C(OCC)c1ccc(CC(C)NC)cc1. The number of hydrogen-bond donors (Lipinski definition) is 1. The zero-order chi connectivity index (χ0) is 12.0. The van der Waals surface area contributed by atoms with Crippen LogP contribution in [0.4, 0.5) is 0 Å². The summed E-state index contributed by atoms with van der Waals surface area (Å²) in [6.07, 6.45) is 1.04. The van der Waals surface area contributed by atoms with Gasteiger partial charge < -0.3 is 10.1 Å². The second kappa shape index (κ2) is 6.33. The summed E-state index contributed by atoms with van der Waals surface area (Å²) in [6.45, 7) is 8.69. The summed E-state index contributed by atoms with van der Waals surface area (Å²) >= 11 is 0. The zero-order valence-electron chi connectivity index (χ0n) is 10.4. The molecule has 1 aromatic rings. The van der Waals surface area contributed by atoms with Crippen molar-refractivity contribution < 1.29 is 4.74 Å². The third-order valence-corrected chi connectivity index (χ3v) is 2.63. The first-order valence-electron chi connectivity index (χ1n) is 5.75. The highest BCUT2D eigenvalue weighted by molar-refractivity contribution is 5.57. The monoisotopic (exact) mass is 219 g/mol. The molecule has 1 aromatic carbocycles. The lowest BCUT2D eigenvalue weighted by Gasteiger charge is -2.11. The molecule has 2 heteroatoms. The maximum Gasteiger partial charge on any atom is 0.119 e. The first kappa shape index (κ1) is 12.8. The Labute approximate surface area is 98.3 Å². The average Bonchev–Trinajstić information content (AvgIpc) is 2.30. The highest BCUT2D eigenvalue weighted by Crippen LogP contribution is 2.15. The molecule has 2 nitrogen and oxygen atoms in total. The van der Waals surface area contributed by atoms with Gasteiger partial charge in [-0.2, -0.15) is 0 Å². The van der Waals surface area contributed by atoms with E-state index in [1.165, 1.54) is 5.56 Å². The van der Waals surface area contributed by atoms with E-state index in [9.17, 15) is 0 Å². The van der Waals surface area contributed by atoms with Crippen molar-refractivity contribution in [1.29, 1.82) is 0 Å². The van der Waals surface area contributed by atoms with Crippen LogP contribution in [0.25, 0.3) is 5.76 Å². The number of ether oxygens (including phenoxy) is 1. The molecule has 0 aliphatic heterocycles. The Kier molecular flexibility index (Phi) is 5.06. The maximum atomic E-state index is 5.36. The van der Waals surface area contributed by atoms with Crippen LogP contribution in [0.1, 0.15) is 25.0 Å². The molecule has 1 rings (SSSR count). The van der Waals surface area contributed by atoms with Crippen molar-refractivity contribution in [2.24, 2.45) is 0 Å². The second-order valence-electron chi connectivity index (χ2n) is 3.95. The molecular weight excluding hydrogens is 198 g/mol. The van der Waals surface area contributed by atoms with Gasteiger partial charge in [0.05, 0.1) is 6.61 Å². The highest BCUT2D eigenvalue weighted by Gasteiger charge is 2.02. The Hall–Kier alpha value is -1.28. The second-order valence-corrected chi connectivity index (χ2v) is 3.95. The lowest BCUT2D eigenvalue weighted by atomic mass is 10.0. The highest BCUT2D eigenvalue weighted by atomic mass is 16.5. The summed E-state index contributed by atoms with van der Waals surface area (Å²) in [5, 5.41) is 3.23. The largest absolute Gasteiger partial charge is 0.494 e. The Morgan fingerprint density at radius 2 is 2.00 bits per heavy atom. The number of nitrogens with one attached hydrogen (secondary N) is 1. The predicted molar refractivity (Wildman–Crippen MR) is 69.3 cm³/mol. The van der Waals surface area contributed by atoms with E-state index in [-0.39, 0.29) is 0 Å². The van der Waals surface area contributed by atoms with E-state index in [0.29, 0.717) is 12.6 Å². The van der Waals surface area contributed by atoms with Crippen molar-refractivity contribution in [2.75, 3.05) is 13.7 Å². The van der Waals surface area contributed by atoms with E-state index >= 15 is 0 Å². The normalized spacial score (nSPS) is 12.2. The van der Waals surface area contributed by atoms with Crippen molar-refractivity contribution in [3.63, 3.8) is 0 Å². The number of benzene rings is 1. The topological polar surface area (TPSA) is 21.3 Å². The minimum atomic E-state index is 0.501. The minimum absolute atomic E-state index is 0.501. The molecule has 0 bridgehead atoms. The summed E-state index contributed by atoms with van der Waals surface area (Å²) in [7, 11) is 1.98. The number of rotatable bonds is 6. The molecule has 1 atom stereocenters. The van der Waals surface area contributed by atoms with E-state index in [4.69, 9.17) is 4.74 Å². The fourth-order valence-electron chi connectivity index (χ4n) is 1.54. The first-order chi connectivity index (χ1) is 7.67. The van der Waals surface area contributed by atoms with Crippen LogP contribution in [-0.2, 0) is 11.2 Å². The molecule has 0 aliphatic carbocycles. The van der Waals surface area contributed by atoms with Gasteiger partial charge in [0, 0.05) is 11.6 Å². The van der Waals surface area contributed by atoms with Gasteiger partial charge in [0.15, 0.2) is 0 Å². The third-order valence-electron chi connectivity index (χ3n) is 2.63. The molecule has 0 radical (unpaired) electrons. The van der Waals surface area contributed by atoms with E-state index in [0.717, 1.165) is 17.7 Å². The molecule has 0 heterocycles. The predicted octanol–water partition coefficient (Wildman–Crippen LogP) is 2.84. The molecular formula is C14H21NO. The lowest BCUT2D eigenvalue weighted by molar-refractivity contribution is 0.299. The van der Waals surface area contributed by atoms with Gasteiger partial charge in [-0.15, -0.1) is 0 Å². The average molecular weight is 219 g/mol. The summed E-state index contributed by atoms with van der Waals surface area (Å²) < 4.78 is 5.36. The summed E-state index contributed by atoms with van der Waals surface area (Å²) in [5.74, 6) is 0.746. The maximum absolute atomic E-state index is 5.36. The van der Waals surface area contributed by atoms with Crippen molar-refractivity contribution in [2.45, 2.75) is 26.3 Å². The van der Waals surface area contributed by atoms with Crippen molar-refractivity contribution in [3.05, 3.63) is 42.0 Å². The van der Waals surface area contributed by atoms with Crippen LogP contribution in [-0.4, -0.2) is 19.7 Å². The van der Waals surface area contributed by atoms with Gasteiger partial charge >= 0.3 is 0 Å². The van der Waals surface area contributed by atoms with E-state index < -0.39 is 0 Å². The van der Waals surface area contributed by atoms with Gasteiger partial charge in [-0.1, -0.05) is 30.8 Å². The quantitative estimate of drug-likeness (QED) is 0.743. The Balaban J connectivity index is 2.64. The Morgan fingerprint density at radius 1 is 1.38 bits per heavy atom. The van der Waals surface area contributed by atoms with Crippen molar-refractivity contribution in [3.8, 4) is 0 Å². The first-order valence-corrected chi connectivity index (χ1v) is 5.75. The Morgan fingerprint density at radius 3 is 2.50 bits per heavy atom. The van der Waals surface area contributed by atoms with Gasteiger partial charge in [-0.25, -0.2) is 0 Å². The van der Waals surface area contributed by atoms with Crippen molar-refractivity contribution in [1.82, 2.24) is 5.32 Å². The number of likely N-dealkylation sites (N-methyl/N-ethyl adjacent to an activating group) is 1. The minimum Gasteiger partial charge on any atom is -0.494 e. The lowest BCUT2D eigenvalue weighted by Crippen LogP contribution is -2.23. The summed E-state index contributed by atoms with van der Waals surface area (Å²) in [4.78, 5) is 0. The molecule has 0 saturated heterocycles. The van der Waals surface area contributed by atoms with Crippen LogP contribution in [0.3, 0.4) is 0 Å². The van der Waals surface area contributed by atoms with Crippen LogP contribution in [0.5, 0.6) is 0 Å². The molecule has 0 spiro atoms. The molecule has 0 aromatic heterocycles. The summed E-state index contributed by atoms with van der Waals surface area (Å²) in [6, 6.07) is 8.90. The van der Waals surface area contributed by atoms with Crippen LogP contribution >= 0.6 is 0 Å². The fraction of sp³-hybridized carbons (Fsp3) is 0.429. The molecule has 16 heavy (non-hydrogen) atoms. The van der Waals surface area contributed by atoms with Crippen LogP contribution in [0.2, 0.25) is 0 Å². The summed E-state index contributed by atoms with van der Waals surface area (Å²) in [5.41, 5.74) is 2.39. The molecule has 0 saturated carbocycles. The zero-order valence-corrected chi connectivity index (χ0v) is 10.4. The standard InChI is InChI=1S/C14H21NO/c1-5-16-12(3)14-8-6-13(7-9-14)10-11(2)15-4/h6-9,11,15H,3,5,10H2,1-2,4H3. The van der Waals surface area contributed by atoms with Gasteiger partial charge in [0.1, 0.15) is 5.76 Å². The van der Waals surface area contributed by atoms with E-state index in [1.54, 1.807) is 0 Å². The van der Waals surface area contributed by atoms with E-state index in [2.05, 4.69) is 43.1 Å². The molecule has 1 N–H and O–H groups in total. The third kappa shape index (κ3) is 3.70. The Bertz CT molecular complexity index is 329. The molecule has 0 fully saturated rings. The molecule has 88 valence electrons. The van der Waals surface area contributed by atoms with Crippen molar-refractivity contribution >= 4 is 5.76 Å². The van der Waals surface area contributed by atoms with E-state index in [1.807, 2.05) is 14.0 Å². The van der Waals surface area contributed by atoms with Gasteiger partial charge in [0.2, 0.25) is 0 Å². The van der Waals surface area contributed by atoms with Gasteiger partial charge in [-0.05, 0) is 32.9 Å². The smallest absolute Gasteiger partial charge is 0.119 e. The van der Waals surface area contributed by atoms with Crippen LogP contribution < -0.4 is 5.32 Å². The number of hydrogen-bond acceptors (Lipinski definition) is 2. The van der Waals surface area contributed by atoms with Crippen LogP contribution in [0.15, 0.2) is 30.8 Å². The van der Waals surface area contributed by atoms with Gasteiger partial charge in [0.25, 0.3) is 0 Å². The molecule has 1 unspecified atom stereocenters.